The Hall–Kier alpha value is -1.42. The van der Waals surface area contributed by atoms with E-state index in [4.69, 9.17) is 10.5 Å². The van der Waals surface area contributed by atoms with Gasteiger partial charge in [-0.05, 0) is 26.0 Å². The molecule has 0 fully saturated rings. The van der Waals surface area contributed by atoms with E-state index < -0.39 is 5.91 Å². The topological polar surface area (TPSA) is 65.2 Å². The Labute approximate surface area is 83.1 Å². The maximum atomic E-state index is 10.8. The first kappa shape index (κ1) is 10.7. The molecule has 0 aliphatic carbocycles. The minimum Gasteiger partial charge on any atom is -0.373 e. The number of hydrogen-bond acceptors (Lipinski definition) is 3. The summed E-state index contributed by atoms with van der Waals surface area (Å²) in [5.41, 5.74) is 6.31. The fraction of sp³-hybridized carbons (Fsp3) is 0.400. The molecule has 1 aromatic heterocycles. The maximum Gasteiger partial charge on any atom is 0.250 e. The van der Waals surface area contributed by atoms with E-state index in [-0.39, 0.29) is 6.10 Å². The van der Waals surface area contributed by atoms with E-state index in [1.807, 2.05) is 13.8 Å². The summed E-state index contributed by atoms with van der Waals surface area (Å²) in [5, 5.41) is 0. The molecule has 0 aliphatic heterocycles. The maximum absolute atomic E-state index is 10.8. The highest BCUT2D eigenvalue weighted by Gasteiger charge is 2.07. The molecule has 0 bridgehead atoms. The summed E-state index contributed by atoms with van der Waals surface area (Å²) in [6.07, 6.45) is 1.41. The molecular formula is C10H14N2O2. The van der Waals surface area contributed by atoms with Crippen LogP contribution in [0.4, 0.5) is 0 Å². The van der Waals surface area contributed by atoms with Crippen LogP contribution in [0.25, 0.3) is 0 Å². The van der Waals surface area contributed by atoms with Gasteiger partial charge in [-0.15, -0.1) is 0 Å². The third-order valence-electron chi connectivity index (χ3n) is 1.90. The lowest BCUT2D eigenvalue weighted by Crippen LogP contribution is -2.12. The van der Waals surface area contributed by atoms with E-state index in [1.54, 1.807) is 12.1 Å². The van der Waals surface area contributed by atoms with Gasteiger partial charge in [-0.1, -0.05) is 0 Å². The van der Waals surface area contributed by atoms with Crippen LogP contribution in [-0.4, -0.2) is 17.5 Å². The van der Waals surface area contributed by atoms with E-state index in [1.165, 1.54) is 6.20 Å². The standard InChI is InChI=1S/C10H14N2O2/c1-3-14-7(2)9-5-4-8(6-12-9)10(11)13/h4-7H,3H2,1-2H3,(H2,11,13)/t7-/m1/s1. The lowest BCUT2D eigenvalue weighted by atomic mass is 10.2. The predicted octanol–water partition coefficient (Wildman–Crippen LogP) is 1.28. The molecule has 1 rings (SSSR count). The van der Waals surface area contributed by atoms with Gasteiger partial charge in [0.25, 0.3) is 0 Å². The zero-order valence-corrected chi connectivity index (χ0v) is 8.36. The highest BCUT2D eigenvalue weighted by atomic mass is 16.5. The number of rotatable bonds is 4. The third kappa shape index (κ3) is 2.53. The highest BCUT2D eigenvalue weighted by Crippen LogP contribution is 2.13. The van der Waals surface area contributed by atoms with Crippen LogP contribution in [0.3, 0.4) is 0 Å². The number of hydrogen-bond donors (Lipinski definition) is 1. The van der Waals surface area contributed by atoms with Gasteiger partial charge in [0.05, 0.1) is 17.4 Å². The molecule has 0 saturated heterocycles. The first-order valence-electron chi connectivity index (χ1n) is 4.52. The van der Waals surface area contributed by atoms with Gasteiger partial charge in [0, 0.05) is 12.8 Å². The lowest BCUT2D eigenvalue weighted by Gasteiger charge is -2.10. The van der Waals surface area contributed by atoms with Gasteiger partial charge in [-0.2, -0.15) is 0 Å². The Morgan fingerprint density at radius 3 is 2.79 bits per heavy atom. The van der Waals surface area contributed by atoms with Crippen LogP contribution in [-0.2, 0) is 4.74 Å². The molecule has 1 atom stereocenters. The van der Waals surface area contributed by atoms with Gasteiger partial charge in [-0.3, -0.25) is 9.78 Å². The van der Waals surface area contributed by atoms with Crippen molar-refractivity contribution in [2.45, 2.75) is 20.0 Å². The van der Waals surface area contributed by atoms with Crippen molar-refractivity contribution in [1.82, 2.24) is 4.98 Å². The second-order valence-corrected chi connectivity index (χ2v) is 2.93. The molecule has 2 N–H and O–H groups in total. The van der Waals surface area contributed by atoms with Gasteiger partial charge in [0.1, 0.15) is 0 Å². The van der Waals surface area contributed by atoms with E-state index in [0.717, 1.165) is 5.69 Å². The molecular weight excluding hydrogens is 180 g/mol. The molecule has 0 spiro atoms. The van der Waals surface area contributed by atoms with Crippen molar-refractivity contribution in [2.75, 3.05) is 6.61 Å². The zero-order chi connectivity index (χ0) is 10.6. The average Bonchev–Trinajstić information content (AvgIpc) is 2.18. The van der Waals surface area contributed by atoms with Crippen LogP contribution in [0, 0.1) is 0 Å². The Kier molecular flexibility index (Phi) is 3.59. The molecule has 1 heterocycles. The monoisotopic (exact) mass is 194 g/mol. The van der Waals surface area contributed by atoms with Gasteiger partial charge in [0.15, 0.2) is 0 Å². The number of carbonyl (C=O) groups excluding carboxylic acids is 1. The molecule has 0 radical (unpaired) electrons. The smallest absolute Gasteiger partial charge is 0.250 e. The fourth-order valence-electron chi connectivity index (χ4n) is 1.13. The number of nitrogens with two attached hydrogens (primary N) is 1. The van der Waals surface area contributed by atoms with Crippen LogP contribution in [0.2, 0.25) is 0 Å². The first-order valence-corrected chi connectivity index (χ1v) is 4.52. The van der Waals surface area contributed by atoms with Crippen LogP contribution >= 0.6 is 0 Å². The zero-order valence-electron chi connectivity index (χ0n) is 8.36. The summed E-state index contributed by atoms with van der Waals surface area (Å²) in [4.78, 5) is 14.9. The number of pyridine rings is 1. The van der Waals surface area contributed by atoms with Crippen LogP contribution < -0.4 is 5.73 Å². The molecule has 76 valence electrons. The highest BCUT2D eigenvalue weighted by molar-refractivity contribution is 5.92. The van der Waals surface area contributed by atoms with Crippen molar-refractivity contribution in [1.29, 1.82) is 0 Å². The quantitative estimate of drug-likeness (QED) is 0.785. The van der Waals surface area contributed by atoms with Gasteiger partial charge >= 0.3 is 0 Å². The van der Waals surface area contributed by atoms with Crippen molar-refractivity contribution in [3.8, 4) is 0 Å². The SMILES string of the molecule is CCO[C@H](C)c1ccc(C(N)=O)cn1. The Bertz CT molecular complexity index is 308. The average molecular weight is 194 g/mol. The van der Waals surface area contributed by atoms with Crippen molar-refractivity contribution in [2.24, 2.45) is 5.73 Å². The summed E-state index contributed by atoms with van der Waals surface area (Å²) in [5.74, 6) is -0.465. The minimum atomic E-state index is -0.465. The second-order valence-electron chi connectivity index (χ2n) is 2.93. The van der Waals surface area contributed by atoms with Gasteiger partial charge < -0.3 is 10.5 Å². The van der Waals surface area contributed by atoms with Crippen LogP contribution in [0.15, 0.2) is 18.3 Å². The Morgan fingerprint density at radius 2 is 2.36 bits per heavy atom. The molecule has 0 unspecified atom stereocenters. The number of ether oxygens (including phenoxy) is 1. The number of amides is 1. The van der Waals surface area contributed by atoms with E-state index in [0.29, 0.717) is 12.2 Å². The summed E-state index contributed by atoms with van der Waals surface area (Å²) in [7, 11) is 0. The van der Waals surface area contributed by atoms with E-state index in [2.05, 4.69) is 4.98 Å². The molecule has 1 amide bonds. The number of nitrogens with zero attached hydrogens (tertiary/aromatic N) is 1. The molecule has 14 heavy (non-hydrogen) atoms. The largest absolute Gasteiger partial charge is 0.373 e. The summed E-state index contributed by atoms with van der Waals surface area (Å²) in [6.45, 7) is 4.48. The van der Waals surface area contributed by atoms with E-state index >= 15 is 0 Å². The van der Waals surface area contributed by atoms with Crippen LogP contribution in [0.1, 0.15) is 36.0 Å². The number of aromatic nitrogens is 1. The molecule has 0 aliphatic rings. The minimum absolute atomic E-state index is 0.0538. The molecule has 0 aromatic carbocycles. The molecule has 0 saturated carbocycles. The first-order chi connectivity index (χ1) is 6.65. The van der Waals surface area contributed by atoms with E-state index in [9.17, 15) is 4.79 Å². The summed E-state index contributed by atoms with van der Waals surface area (Å²) in [6, 6.07) is 3.40. The normalized spacial score (nSPS) is 12.4. The molecule has 1 aromatic rings. The fourth-order valence-corrected chi connectivity index (χ4v) is 1.13. The number of primary amides is 1. The van der Waals surface area contributed by atoms with Crippen LogP contribution in [0.5, 0.6) is 0 Å². The summed E-state index contributed by atoms with van der Waals surface area (Å²) < 4.78 is 5.35. The van der Waals surface area contributed by atoms with Gasteiger partial charge in [0.2, 0.25) is 5.91 Å². The van der Waals surface area contributed by atoms with Crippen molar-refractivity contribution in [3.63, 3.8) is 0 Å². The van der Waals surface area contributed by atoms with Crippen molar-refractivity contribution < 1.29 is 9.53 Å². The lowest BCUT2D eigenvalue weighted by molar-refractivity contribution is 0.0733. The third-order valence-corrected chi connectivity index (χ3v) is 1.90. The Balaban J connectivity index is 2.77. The van der Waals surface area contributed by atoms with Gasteiger partial charge in [-0.25, -0.2) is 0 Å². The van der Waals surface area contributed by atoms with Crippen molar-refractivity contribution in [3.05, 3.63) is 29.6 Å². The predicted molar refractivity (Wildman–Crippen MR) is 52.8 cm³/mol. The second kappa shape index (κ2) is 4.72. The Morgan fingerprint density at radius 1 is 1.64 bits per heavy atom. The number of carbonyl (C=O) groups is 1. The molecule has 4 nitrogen and oxygen atoms in total. The molecule has 4 heteroatoms. The van der Waals surface area contributed by atoms with Crippen molar-refractivity contribution >= 4 is 5.91 Å². The summed E-state index contributed by atoms with van der Waals surface area (Å²) >= 11 is 0.